The SMILES string of the molecule is COc1ccc(NC(N)=NCCCCN2CCCCC2C)cc1. The topological polar surface area (TPSA) is 62.9 Å². The van der Waals surface area contributed by atoms with Crippen LogP contribution in [0.25, 0.3) is 0 Å². The molecule has 1 unspecified atom stereocenters. The van der Waals surface area contributed by atoms with Gasteiger partial charge in [-0.15, -0.1) is 0 Å². The lowest BCUT2D eigenvalue weighted by atomic mass is 10.0. The second kappa shape index (κ2) is 9.40. The van der Waals surface area contributed by atoms with Crippen LogP contribution in [0.3, 0.4) is 0 Å². The number of hydrogen-bond donors (Lipinski definition) is 2. The fourth-order valence-corrected chi connectivity index (χ4v) is 2.98. The first-order chi connectivity index (χ1) is 11.2. The van der Waals surface area contributed by atoms with Gasteiger partial charge < -0.3 is 20.7 Å². The Balaban J connectivity index is 1.64. The van der Waals surface area contributed by atoms with Crippen molar-refractivity contribution in [3.63, 3.8) is 0 Å². The number of aliphatic imine (C=N–C) groups is 1. The van der Waals surface area contributed by atoms with Crippen molar-refractivity contribution in [3.8, 4) is 5.75 Å². The van der Waals surface area contributed by atoms with Gasteiger partial charge in [0.25, 0.3) is 0 Å². The summed E-state index contributed by atoms with van der Waals surface area (Å²) in [6.07, 6.45) is 6.34. The molecule has 0 radical (unpaired) electrons. The predicted octanol–water partition coefficient (Wildman–Crippen LogP) is 3.08. The zero-order valence-corrected chi connectivity index (χ0v) is 14.4. The molecule has 128 valence electrons. The molecular formula is C18H30N4O. The molecule has 1 heterocycles. The Morgan fingerprint density at radius 1 is 1.30 bits per heavy atom. The highest BCUT2D eigenvalue weighted by atomic mass is 16.5. The van der Waals surface area contributed by atoms with Crippen LogP contribution in [-0.4, -0.2) is 43.6 Å². The fourth-order valence-electron chi connectivity index (χ4n) is 2.98. The zero-order valence-electron chi connectivity index (χ0n) is 14.4. The van der Waals surface area contributed by atoms with Crippen LogP contribution in [0.4, 0.5) is 5.69 Å². The standard InChI is InChI=1S/C18H30N4O/c1-15-7-3-5-13-22(15)14-6-4-12-20-18(19)21-16-8-10-17(23-2)11-9-16/h8-11,15H,3-7,12-14H2,1-2H3,(H3,19,20,21). The van der Waals surface area contributed by atoms with Gasteiger partial charge in [0.2, 0.25) is 0 Å². The Bertz CT molecular complexity index is 486. The molecule has 1 atom stereocenters. The predicted molar refractivity (Wildman–Crippen MR) is 97.2 cm³/mol. The monoisotopic (exact) mass is 318 g/mol. The summed E-state index contributed by atoms with van der Waals surface area (Å²) in [4.78, 5) is 7.00. The zero-order chi connectivity index (χ0) is 16.5. The number of unbranched alkanes of at least 4 members (excludes halogenated alkanes) is 1. The van der Waals surface area contributed by atoms with Crippen molar-refractivity contribution in [3.05, 3.63) is 24.3 Å². The van der Waals surface area contributed by atoms with E-state index in [1.807, 2.05) is 24.3 Å². The number of methoxy groups -OCH3 is 1. The second-order valence-corrected chi connectivity index (χ2v) is 6.21. The van der Waals surface area contributed by atoms with E-state index >= 15 is 0 Å². The molecule has 0 spiro atoms. The minimum atomic E-state index is 0.474. The Morgan fingerprint density at radius 3 is 2.78 bits per heavy atom. The van der Waals surface area contributed by atoms with Crippen molar-refractivity contribution in [2.24, 2.45) is 10.7 Å². The Hall–Kier alpha value is -1.75. The molecule has 0 bridgehead atoms. The maximum absolute atomic E-state index is 5.92. The first kappa shape index (κ1) is 17.6. The van der Waals surface area contributed by atoms with Crippen LogP contribution in [0.5, 0.6) is 5.75 Å². The average molecular weight is 318 g/mol. The number of piperidine rings is 1. The van der Waals surface area contributed by atoms with Crippen LogP contribution < -0.4 is 15.8 Å². The number of nitrogens with one attached hydrogen (secondary N) is 1. The largest absolute Gasteiger partial charge is 0.497 e. The minimum absolute atomic E-state index is 0.474. The third-order valence-corrected chi connectivity index (χ3v) is 4.44. The van der Waals surface area contributed by atoms with E-state index in [0.717, 1.165) is 30.4 Å². The first-order valence-electron chi connectivity index (χ1n) is 8.64. The third-order valence-electron chi connectivity index (χ3n) is 4.44. The van der Waals surface area contributed by atoms with Gasteiger partial charge in [0.1, 0.15) is 5.75 Å². The van der Waals surface area contributed by atoms with Crippen molar-refractivity contribution in [2.45, 2.75) is 45.1 Å². The molecule has 1 aliphatic heterocycles. The van der Waals surface area contributed by atoms with E-state index < -0.39 is 0 Å². The van der Waals surface area contributed by atoms with Gasteiger partial charge in [-0.05, 0) is 70.0 Å². The molecule has 1 aliphatic rings. The Labute approximate surface area is 139 Å². The van der Waals surface area contributed by atoms with Crippen LogP contribution in [0.2, 0.25) is 0 Å². The lowest BCUT2D eigenvalue weighted by molar-refractivity contribution is 0.158. The van der Waals surface area contributed by atoms with Gasteiger partial charge in [0, 0.05) is 18.3 Å². The summed E-state index contributed by atoms with van der Waals surface area (Å²) in [5.41, 5.74) is 6.85. The summed E-state index contributed by atoms with van der Waals surface area (Å²) >= 11 is 0. The minimum Gasteiger partial charge on any atom is -0.497 e. The molecule has 1 fully saturated rings. The Kier molecular flexibility index (Phi) is 7.20. The third kappa shape index (κ3) is 6.10. The van der Waals surface area contributed by atoms with Crippen LogP contribution >= 0.6 is 0 Å². The summed E-state index contributed by atoms with van der Waals surface area (Å²) in [6, 6.07) is 8.40. The molecule has 1 saturated heterocycles. The van der Waals surface area contributed by atoms with Gasteiger partial charge in [-0.3, -0.25) is 4.99 Å². The van der Waals surface area contributed by atoms with Crippen molar-refractivity contribution in [1.29, 1.82) is 0 Å². The molecule has 3 N–H and O–H groups in total. The number of nitrogens with zero attached hydrogens (tertiary/aromatic N) is 2. The number of nitrogens with two attached hydrogens (primary N) is 1. The highest BCUT2D eigenvalue weighted by molar-refractivity contribution is 5.92. The van der Waals surface area contributed by atoms with Gasteiger partial charge in [-0.25, -0.2) is 0 Å². The number of rotatable bonds is 7. The summed E-state index contributed by atoms with van der Waals surface area (Å²) in [7, 11) is 1.66. The fraction of sp³-hybridized carbons (Fsp3) is 0.611. The van der Waals surface area contributed by atoms with Gasteiger partial charge in [-0.2, -0.15) is 0 Å². The van der Waals surface area contributed by atoms with Crippen LogP contribution in [0.15, 0.2) is 29.3 Å². The number of benzene rings is 1. The molecule has 0 aromatic heterocycles. The van der Waals surface area contributed by atoms with Gasteiger partial charge >= 0.3 is 0 Å². The highest BCUT2D eigenvalue weighted by Crippen LogP contribution is 2.17. The molecule has 23 heavy (non-hydrogen) atoms. The number of hydrogen-bond acceptors (Lipinski definition) is 3. The van der Waals surface area contributed by atoms with Gasteiger partial charge in [0.05, 0.1) is 7.11 Å². The summed E-state index contributed by atoms with van der Waals surface area (Å²) in [5.74, 6) is 1.31. The average Bonchev–Trinajstić information content (AvgIpc) is 2.57. The molecule has 0 amide bonds. The summed E-state index contributed by atoms with van der Waals surface area (Å²) in [6.45, 7) is 5.55. The molecule has 1 aromatic rings. The van der Waals surface area contributed by atoms with Crippen LogP contribution in [0.1, 0.15) is 39.0 Å². The summed E-state index contributed by atoms with van der Waals surface area (Å²) in [5, 5.41) is 3.10. The van der Waals surface area contributed by atoms with E-state index in [1.165, 1.54) is 38.8 Å². The van der Waals surface area contributed by atoms with Crippen molar-refractivity contribution in [1.82, 2.24) is 4.90 Å². The number of anilines is 1. The molecular weight excluding hydrogens is 288 g/mol. The van der Waals surface area contributed by atoms with Crippen LogP contribution in [0, 0.1) is 0 Å². The van der Waals surface area contributed by atoms with Crippen molar-refractivity contribution < 1.29 is 4.74 Å². The highest BCUT2D eigenvalue weighted by Gasteiger charge is 2.16. The lowest BCUT2D eigenvalue weighted by Crippen LogP contribution is -2.38. The van der Waals surface area contributed by atoms with Crippen LogP contribution in [-0.2, 0) is 0 Å². The van der Waals surface area contributed by atoms with Crippen molar-refractivity contribution in [2.75, 3.05) is 32.1 Å². The van der Waals surface area contributed by atoms with E-state index in [1.54, 1.807) is 7.11 Å². The Morgan fingerprint density at radius 2 is 2.09 bits per heavy atom. The first-order valence-corrected chi connectivity index (χ1v) is 8.64. The smallest absolute Gasteiger partial charge is 0.193 e. The number of ether oxygens (including phenoxy) is 1. The van der Waals surface area contributed by atoms with E-state index in [2.05, 4.69) is 22.1 Å². The van der Waals surface area contributed by atoms with E-state index in [-0.39, 0.29) is 0 Å². The molecule has 0 saturated carbocycles. The van der Waals surface area contributed by atoms with Crippen molar-refractivity contribution >= 4 is 11.6 Å². The number of likely N-dealkylation sites (tertiary alicyclic amines) is 1. The molecule has 5 nitrogen and oxygen atoms in total. The quantitative estimate of drug-likeness (QED) is 0.461. The molecule has 2 rings (SSSR count). The number of guanidine groups is 1. The lowest BCUT2D eigenvalue weighted by Gasteiger charge is -2.33. The maximum atomic E-state index is 5.92. The van der Waals surface area contributed by atoms with Gasteiger partial charge in [-0.1, -0.05) is 6.42 Å². The normalized spacial score (nSPS) is 19.6. The van der Waals surface area contributed by atoms with E-state index in [9.17, 15) is 0 Å². The van der Waals surface area contributed by atoms with E-state index in [4.69, 9.17) is 10.5 Å². The summed E-state index contributed by atoms with van der Waals surface area (Å²) < 4.78 is 5.13. The molecule has 1 aromatic carbocycles. The maximum Gasteiger partial charge on any atom is 0.193 e. The van der Waals surface area contributed by atoms with E-state index in [0.29, 0.717) is 5.96 Å². The second-order valence-electron chi connectivity index (χ2n) is 6.21. The van der Waals surface area contributed by atoms with Gasteiger partial charge in [0.15, 0.2) is 5.96 Å². The molecule has 5 heteroatoms. The molecule has 0 aliphatic carbocycles.